The van der Waals surface area contributed by atoms with Crippen molar-refractivity contribution in [2.24, 2.45) is 0 Å². The summed E-state index contributed by atoms with van der Waals surface area (Å²) in [7, 11) is 0. The summed E-state index contributed by atoms with van der Waals surface area (Å²) >= 11 is 1.59. The average molecular weight is 262 g/mol. The summed E-state index contributed by atoms with van der Waals surface area (Å²) in [6.07, 6.45) is 0.936. The molecule has 0 radical (unpaired) electrons. The van der Waals surface area contributed by atoms with Crippen LogP contribution in [0.1, 0.15) is 28.5 Å². The van der Waals surface area contributed by atoms with Gasteiger partial charge >= 0.3 is 5.97 Å². The van der Waals surface area contributed by atoms with Gasteiger partial charge in [-0.15, -0.1) is 11.3 Å². The minimum absolute atomic E-state index is 0.307. The maximum absolute atomic E-state index is 10.7. The molecule has 1 aromatic carbocycles. The number of hydrogen-bond donors (Lipinski definition) is 2. The maximum atomic E-state index is 10.7. The van der Waals surface area contributed by atoms with Crippen LogP contribution in [0.4, 0.5) is 5.13 Å². The first-order valence-electron chi connectivity index (χ1n) is 5.69. The van der Waals surface area contributed by atoms with E-state index in [1.54, 1.807) is 23.5 Å². The monoisotopic (exact) mass is 262 g/mol. The molecule has 0 saturated heterocycles. The van der Waals surface area contributed by atoms with Gasteiger partial charge in [0.05, 0.1) is 11.3 Å². The molecule has 18 heavy (non-hydrogen) atoms. The van der Waals surface area contributed by atoms with Gasteiger partial charge in [0.25, 0.3) is 0 Å². The van der Waals surface area contributed by atoms with Gasteiger partial charge in [0.2, 0.25) is 0 Å². The maximum Gasteiger partial charge on any atom is 0.335 e. The van der Waals surface area contributed by atoms with Gasteiger partial charge in [-0.2, -0.15) is 0 Å². The van der Waals surface area contributed by atoms with Crippen molar-refractivity contribution in [1.82, 2.24) is 4.98 Å². The first kappa shape index (κ1) is 12.6. The lowest BCUT2D eigenvalue weighted by Gasteiger charge is -2.03. The Hall–Kier alpha value is -1.88. The molecule has 94 valence electrons. The molecule has 2 N–H and O–H groups in total. The second kappa shape index (κ2) is 5.64. The Morgan fingerprint density at radius 1 is 1.39 bits per heavy atom. The molecule has 4 nitrogen and oxygen atoms in total. The summed E-state index contributed by atoms with van der Waals surface area (Å²) in [5.41, 5.74) is 2.43. The van der Waals surface area contributed by atoms with E-state index in [9.17, 15) is 4.79 Å². The first-order valence-corrected chi connectivity index (χ1v) is 6.57. The minimum atomic E-state index is -0.901. The summed E-state index contributed by atoms with van der Waals surface area (Å²) in [6, 6.07) is 6.84. The van der Waals surface area contributed by atoms with Crippen LogP contribution < -0.4 is 5.32 Å². The van der Waals surface area contributed by atoms with Gasteiger partial charge in [-0.25, -0.2) is 9.78 Å². The predicted molar refractivity (Wildman–Crippen MR) is 72.2 cm³/mol. The normalized spacial score (nSPS) is 10.3. The Bertz CT molecular complexity index is 534. The number of aromatic carboxylic acids is 1. The van der Waals surface area contributed by atoms with Crippen LogP contribution in [-0.2, 0) is 13.0 Å². The number of nitrogens with zero attached hydrogens (tertiary/aromatic N) is 1. The van der Waals surface area contributed by atoms with E-state index in [0.717, 1.165) is 22.8 Å². The Labute approximate surface area is 109 Å². The zero-order valence-electron chi connectivity index (χ0n) is 10.0. The van der Waals surface area contributed by atoms with Crippen LogP contribution >= 0.6 is 11.3 Å². The Kier molecular flexibility index (Phi) is 3.94. The molecule has 0 saturated carbocycles. The number of hydrogen-bond acceptors (Lipinski definition) is 4. The Balaban J connectivity index is 1.95. The highest BCUT2D eigenvalue weighted by Crippen LogP contribution is 2.16. The number of carboxylic acids is 1. The molecule has 0 aliphatic rings. The number of nitrogens with one attached hydrogen (secondary N) is 1. The van der Waals surface area contributed by atoms with Gasteiger partial charge in [-0.3, -0.25) is 0 Å². The Morgan fingerprint density at radius 3 is 2.67 bits per heavy atom. The van der Waals surface area contributed by atoms with E-state index in [4.69, 9.17) is 5.11 Å². The molecule has 0 bridgehead atoms. The average Bonchev–Trinajstić information content (AvgIpc) is 2.85. The summed E-state index contributed by atoms with van der Waals surface area (Å²) in [5.74, 6) is -0.901. The van der Waals surface area contributed by atoms with Crippen molar-refractivity contribution in [3.05, 3.63) is 46.5 Å². The summed E-state index contributed by atoms with van der Waals surface area (Å²) in [6.45, 7) is 2.72. The topological polar surface area (TPSA) is 62.2 Å². The van der Waals surface area contributed by atoms with E-state index >= 15 is 0 Å². The highest BCUT2D eigenvalue weighted by atomic mass is 32.1. The van der Waals surface area contributed by atoms with E-state index < -0.39 is 5.97 Å². The third-order valence-electron chi connectivity index (χ3n) is 2.56. The fourth-order valence-electron chi connectivity index (χ4n) is 1.49. The molecular weight excluding hydrogens is 248 g/mol. The van der Waals surface area contributed by atoms with Crippen LogP contribution in [0.25, 0.3) is 0 Å². The highest BCUT2D eigenvalue weighted by Gasteiger charge is 2.03. The molecular formula is C13H14N2O2S. The number of aromatic nitrogens is 1. The third-order valence-corrected chi connectivity index (χ3v) is 3.41. The van der Waals surface area contributed by atoms with Crippen molar-refractivity contribution in [3.63, 3.8) is 0 Å². The van der Waals surface area contributed by atoms with E-state index in [-0.39, 0.29) is 0 Å². The van der Waals surface area contributed by atoms with Crippen LogP contribution in [0.5, 0.6) is 0 Å². The molecule has 0 spiro atoms. The molecule has 0 fully saturated rings. The fraction of sp³-hybridized carbons (Fsp3) is 0.231. The lowest BCUT2D eigenvalue weighted by molar-refractivity contribution is 0.0697. The first-order chi connectivity index (χ1) is 8.69. The number of anilines is 1. The lowest BCUT2D eigenvalue weighted by Crippen LogP contribution is -2.01. The van der Waals surface area contributed by atoms with Gasteiger partial charge < -0.3 is 10.4 Å². The van der Waals surface area contributed by atoms with E-state index in [1.165, 1.54) is 0 Å². The van der Waals surface area contributed by atoms with E-state index in [1.807, 2.05) is 17.5 Å². The molecule has 1 aromatic heterocycles. The molecule has 0 atom stereocenters. The van der Waals surface area contributed by atoms with Crippen molar-refractivity contribution < 1.29 is 9.90 Å². The largest absolute Gasteiger partial charge is 0.478 e. The van der Waals surface area contributed by atoms with Gasteiger partial charge in [0.15, 0.2) is 5.13 Å². The van der Waals surface area contributed by atoms with Crippen molar-refractivity contribution in [2.75, 3.05) is 5.32 Å². The number of carbonyl (C=O) groups is 1. The second-order valence-corrected chi connectivity index (χ2v) is 4.71. The van der Waals surface area contributed by atoms with Gasteiger partial charge in [0.1, 0.15) is 0 Å². The number of benzene rings is 1. The zero-order valence-corrected chi connectivity index (χ0v) is 10.8. The van der Waals surface area contributed by atoms with Crippen LogP contribution in [0.15, 0.2) is 29.6 Å². The molecule has 0 aliphatic carbocycles. The molecule has 2 rings (SSSR count). The molecule has 0 amide bonds. The van der Waals surface area contributed by atoms with Gasteiger partial charge in [-0.05, 0) is 24.1 Å². The SMILES string of the molecule is CCc1csc(NCc2ccc(C(=O)O)cc2)n1. The molecule has 5 heteroatoms. The molecule has 2 aromatic rings. The fourth-order valence-corrected chi connectivity index (χ4v) is 2.29. The van der Waals surface area contributed by atoms with E-state index in [0.29, 0.717) is 12.1 Å². The van der Waals surface area contributed by atoms with Gasteiger partial charge in [-0.1, -0.05) is 19.1 Å². The van der Waals surface area contributed by atoms with Crippen molar-refractivity contribution >= 4 is 22.4 Å². The van der Waals surface area contributed by atoms with Crippen molar-refractivity contribution in [1.29, 1.82) is 0 Å². The predicted octanol–water partition coefficient (Wildman–Crippen LogP) is 3.02. The standard InChI is InChI=1S/C13H14N2O2S/c1-2-11-8-18-13(15-11)14-7-9-3-5-10(6-4-9)12(16)17/h3-6,8H,2,7H2,1H3,(H,14,15)(H,16,17). The van der Waals surface area contributed by atoms with Crippen molar-refractivity contribution in [2.45, 2.75) is 19.9 Å². The number of carboxylic acid groups (broad SMARTS) is 1. The molecule has 0 unspecified atom stereocenters. The summed E-state index contributed by atoms with van der Waals surface area (Å²) in [4.78, 5) is 15.1. The number of thiazole rings is 1. The minimum Gasteiger partial charge on any atom is -0.478 e. The number of aryl methyl sites for hydroxylation is 1. The van der Waals surface area contributed by atoms with Crippen LogP contribution in [0.2, 0.25) is 0 Å². The molecule has 0 aliphatic heterocycles. The van der Waals surface area contributed by atoms with Crippen molar-refractivity contribution in [3.8, 4) is 0 Å². The van der Waals surface area contributed by atoms with Gasteiger partial charge in [0, 0.05) is 11.9 Å². The van der Waals surface area contributed by atoms with Crippen LogP contribution in [-0.4, -0.2) is 16.1 Å². The summed E-state index contributed by atoms with van der Waals surface area (Å²) < 4.78 is 0. The summed E-state index contributed by atoms with van der Waals surface area (Å²) in [5, 5.41) is 14.9. The van der Waals surface area contributed by atoms with Crippen LogP contribution in [0.3, 0.4) is 0 Å². The van der Waals surface area contributed by atoms with Crippen LogP contribution in [0, 0.1) is 0 Å². The Morgan fingerprint density at radius 2 is 2.11 bits per heavy atom. The van der Waals surface area contributed by atoms with E-state index in [2.05, 4.69) is 17.2 Å². The number of rotatable bonds is 5. The smallest absolute Gasteiger partial charge is 0.335 e. The second-order valence-electron chi connectivity index (χ2n) is 3.85. The quantitative estimate of drug-likeness (QED) is 0.869. The zero-order chi connectivity index (χ0) is 13.0. The third kappa shape index (κ3) is 3.07. The highest BCUT2D eigenvalue weighted by molar-refractivity contribution is 7.13. The lowest BCUT2D eigenvalue weighted by atomic mass is 10.1. The molecule has 1 heterocycles.